The largest absolute Gasteiger partial charge is 0.326 e. The molecule has 0 saturated heterocycles. The molecule has 0 heterocycles. The predicted octanol–water partition coefficient (Wildman–Crippen LogP) is 1.85. The van der Waals surface area contributed by atoms with Crippen molar-refractivity contribution in [3.05, 3.63) is 35.4 Å². The summed E-state index contributed by atoms with van der Waals surface area (Å²) in [6.07, 6.45) is 5.44. The molecule has 0 bridgehead atoms. The minimum absolute atomic E-state index is 0.0191. The van der Waals surface area contributed by atoms with Crippen LogP contribution in [0.2, 0.25) is 0 Å². The summed E-state index contributed by atoms with van der Waals surface area (Å²) in [5.74, 6) is 0.0191. The molecule has 0 aliphatic heterocycles. The molecular formula is C14H22N2O2S2. The Morgan fingerprint density at radius 1 is 1.35 bits per heavy atom. The Bertz CT molecular complexity index is 549. The topological polar surface area (TPSA) is 72.2 Å². The van der Waals surface area contributed by atoms with Gasteiger partial charge in [0.15, 0.2) is 0 Å². The van der Waals surface area contributed by atoms with Crippen molar-refractivity contribution in [2.75, 3.05) is 12.8 Å². The quantitative estimate of drug-likeness (QED) is 0.805. The van der Waals surface area contributed by atoms with Crippen LogP contribution in [0.15, 0.2) is 24.3 Å². The van der Waals surface area contributed by atoms with E-state index in [4.69, 9.17) is 5.73 Å². The van der Waals surface area contributed by atoms with E-state index < -0.39 is 10.0 Å². The zero-order valence-electron chi connectivity index (χ0n) is 11.8. The lowest BCUT2D eigenvalue weighted by molar-refractivity contribution is 0.361. The molecule has 1 aromatic carbocycles. The van der Waals surface area contributed by atoms with Crippen LogP contribution in [0.5, 0.6) is 0 Å². The van der Waals surface area contributed by atoms with E-state index in [1.807, 2.05) is 24.3 Å². The van der Waals surface area contributed by atoms with Gasteiger partial charge in [-0.25, -0.2) is 13.1 Å². The van der Waals surface area contributed by atoms with Crippen LogP contribution in [0.1, 0.15) is 30.4 Å². The second-order valence-electron chi connectivity index (χ2n) is 5.34. The summed E-state index contributed by atoms with van der Waals surface area (Å²) in [6.45, 7) is 0.962. The SMILES string of the molecule is CSC1(CNS(=O)(=O)Cc2cccc(CN)c2)CCC1. The van der Waals surface area contributed by atoms with Crippen LogP contribution >= 0.6 is 11.8 Å². The van der Waals surface area contributed by atoms with E-state index in [-0.39, 0.29) is 10.5 Å². The van der Waals surface area contributed by atoms with Gasteiger partial charge in [0.05, 0.1) is 5.75 Å². The van der Waals surface area contributed by atoms with Crippen LogP contribution in [0.4, 0.5) is 0 Å². The van der Waals surface area contributed by atoms with Crippen molar-refractivity contribution in [3.8, 4) is 0 Å². The molecule has 0 amide bonds. The van der Waals surface area contributed by atoms with E-state index in [2.05, 4.69) is 11.0 Å². The fraction of sp³-hybridized carbons (Fsp3) is 0.571. The predicted molar refractivity (Wildman–Crippen MR) is 85.1 cm³/mol. The van der Waals surface area contributed by atoms with Gasteiger partial charge in [-0.05, 0) is 30.2 Å². The number of sulfonamides is 1. The molecule has 1 aliphatic carbocycles. The first-order chi connectivity index (χ1) is 9.49. The van der Waals surface area contributed by atoms with Crippen molar-refractivity contribution in [1.82, 2.24) is 4.72 Å². The number of thioether (sulfide) groups is 1. The molecule has 0 spiro atoms. The first-order valence-electron chi connectivity index (χ1n) is 6.79. The molecule has 1 fully saturated rings. The zero-order chi connectivity index (χ0) is 14.6. The Balaban J connectivity index is 1.96. The second-order valence-corrected chi connectivity index (χ2v) is 8.43. The van der Waals surface area contributed by atoms with Crippen molar-refractivity contribution >= 4 is 21.8 Å². The van der Waals surface area contributed by atoms with Gasteiger partial charge in [-0.3, -0.25) is 0 Å². The smallest absolute Gasteiger partial charge is 0.215 e. The van der Waals surface area contributed by atoms with Gasteiger partial charge in [-0.2, -0.15) is 11.8 Å². The van der Waals surface area contributed by atoms with Gasteiger partial charge >= 0.3 is 0 Å². The molecule has 0 radical (unpaired) electrons. The van der Waals surface area contributed by atoms with Gasteiger partial charge in [-0.15, -0.1) is 0 Å². The van der Waals surface area contributed by atoms with Crippen molar-refractivity contribution in [1.29, 1.82) is 0 Å². The fourth-order valence-electron chi connectivity index (χ4n) is 2.38. The Hall–Kier alpha value is -0.560. The van der Waals surface area contributed by atoms with Crippen molar-refractivity contribution < 1.29 is 8.42 Å². The van der Waals surface area contributed by atoms with Crippen LogP contribution in [-0.4, -0.2) is 26.0 Å². The van der Waals surface area contributed by atoms with Crippen LogP contribution in [0.25, 0.3) is 0 Å². The molecule has 1 aliphatic rings. The lowest BCUT2D eigenvalue weighted by Gasteiger charge is -2.40. The maximum absolute atomic E-state index is 12.2. The number of nitrogens with one attached hydrogen (secondary N) is 1. The van der Waals surface area contributed by atoms with E-state index in [0.29, 0.717) is 13.1 Å². The summed E-state index contributed by atoms with van der Waals surface area (Å²) >= 11 is 1.77. The van der Waals surface area contributed by atoms with Crippen LogP contribution < -0.4 is 10.5 Å². The first-order valence-corrected chi connectivity index (χ1v) is 9.67. The van der Waals surface area contributed by atoms with Gasteiger partial charge in [0.1, 0.15) is 0 Å². The number of rotatable bonds is 7. The van der Waals surface area contributed by atoms with Crippen molar-refractivity contribution in [2.24, 2.45) is 5.73 Å². The fourth-order valence-corrected chi connectivity index (χ4v) is 4.60. The van der Waals surface area contributed by atoms with Gasteiger partial charge in [0.25, 0.3) is 0 Å². The molecule has 1 saturated carbocycles. The molecule has 0 aromatic heterocycles. The molecule has 0 unspecified atom stereocenters. The maximum atomic E-state index is 12.2. The highest BCUT2D eigenvalue weighted by atomic mass is 32.2. The molecule has 6 heteroatoms. The third-order valence-electron chi connectivity index (χ3n) is 3.90. The minimum Gasteiger partial charge on any atom is -0.326 e. The lowest BCUT2D eigenvalue weighted by atomic mass is 9.84. The summed E-state index contributed by atoms with van der Waals surface area (Å²) in [4.78, 5) is 0. The third-order valence-corrected chi connectivity index (χ3v) is 6.61. The summed E-state index contributed by atoms with van der Waals surface area (Å²) in [6, 6.07) is 7.43. The van der Waals surface area contributed by atoms with E-state index in [9.17, 15) is 8.42 Å². The molecular weight excluding hydrogens is 292 g/mol. The third kappa shape index (κ3) is 3.97. The standard InChI is InChI=1S/C14H22N2O2S2/c1-19-14(6-3-7-14)11-16-20(17,18)10-13-5-2-4-12(8-13)9-15/h2,4-5,8,16H,3,6-7,9-11,15H2,1H3. The molecule has 3 N–H and O–H groups in total. The Kier molecular flexibility index (Phi) is 5.12. The average Bonchev–Trinajstić information content (AvgIpc) is 2.37. The van der Waals surface area contributed by atoms with Crippen LogP contribution in [-0.2, 0) is 22.3 Å². The van der Waals surface area contributed by atoms with E-state index in [1.165, 1.54) is 6.42 Å². The zero-order valence-corrected chi connectivity index (χ0v) is 13.4. The number of benzene rings is 1. The highest BCUT2D eigenvalue weighted by Gasteiger charge is 2.36. The summed E-state index contributed by atoms with van der Waals surface area (Å²) in [5.41, 5.74) is 7.31. The molecule has 1 aromatic rings. The second kappa shape index (κ2) is 6.47. The van der Waals surface area contributed by atoms with Crippen molar-refractivity contribution in [2.45, 2.75) is 36.3 Å². The first kappa shape index (κ1) is 15.8. The summed E-state index contributed by atoms with van der Waals surface area (Å²) in [7, 11) is -3.28. The van der Waals surface area contributed by atoms with Crippen molar-refractivity contribution in [3.63, 3.8) is 0 Å². The van der Waals surface area contributed by atoms with Crippen LogP contribution in [0.3, 0.4) is 0 Å². The van der Waals surface area contributed by atoms with E-state index >= 15 is 0 Å². The number of nitrogens with two attached hydrogens (primary N) is 1. The average molecular weight is 314 g/mol. The van der Waals surface area contributed by atoms with Gasteiger partial charge in [0, 0.05) is 17.8 Å². The van der Waals surface area contributed by atoms with Crippen LogP contribution in [0, 0.1) is 0 Å². The Morgan fingerprint density at radius 2 is 2.05 bits per heavy atom. The molecule has 0 atom stereocenters. The van der Waals surface area contributed by atoms with E-state index in [0.717, 1.165) is 24.0 Å². The number of hydrogen-bond acceptors (Lipinski definition) is 4. The monoisotopic (exact) mass is 314 g/mol. The normalized spacial score (nSPS) is 17.7. The summed E-state index contributed by atoms with van der Waals surface area (Å²) in [5, 5.41) is 0. The Morgan fingerprint density at radius 3 is 2.60 bits per heavy atom. The summed E-state index contributed by atoms with van der Waals surface area (Å²) < 4.78 is 27.2. The lowest BCUT2D eigenvalue weighted by Crippen LogP contribution is -2.45. The van der Waals surface area contributed by atoms with Gasteiger partial charge in [-0.1, -0.05) is 30.7 Å². The van der Waals surface area contributed by atoms with Gasteiger partial charge in [0.2, 0.25) is 10.0 Å². The molecule has 20 heavy (non-hydrogen) atoms. The molecule has 2 rings (SSSR count). The highest BCUT2D eigenvalue weighted by Crippen LogP contribution is 2.42. The Labute approximate surface area is 125 Å². The molecule has 4 nitrogen and oxygen atoms in total. The van der Waals surface area contributed by atoms with E-state index in [1.54, 1.807) is 11.8 Å². The minimum atomic E-state index is -3.28. The highest BCUT2D eigenvalue weighted by molar-refractivity contribution is 8.00. The molecule has 112 valence electrons. The maximum Gasteiger partial charge on any atom is 0.215 e. The van der Waals surface area contributed by atoms with Gasteiger partial charge < -0.3 is 5.73 Å². The number of hydrogen-bond donors (Lipinski definition) is 2.